The van der Waals surface area contributed by atoms with Crippen LogP contribution in [-0.4, -0.2) is 73.3 Å². The minimum Gasteiger partial charge on any atom is -0.361 e. The van der Waals surface area contributed by atoms with Gasteiger partial charge in [0.1, 0.15) is 5.76 Å². The lowest BCUT2D eigenvalue weighted by molar-refractivity contribution is 0.139. The molecule has 0 aliphatic carbocycles. The first-order valence-corrected chi connectivity index (χ1v) is 10.1. The molecule has 2 heterocycles. The van der Waals surface area contributed by atoms with Crippen molar-refractivity contribution in [2.24, 2.45) is 4.99 Å². The molecular formula is C19H36N6O. The summed E-state index contributed by atoms with van der Waals surface area (Å²) in [5, 5.41) is 11.0. The van der Waals surface area contributed by atoms with E-state index in [0.717, 1.165) is 75.1 Å². The number of aryl methyl sites for hydroxylation is 2. The van der Waals surface area contributed by atoms with E-state index >= 15 is 0 Å². The van der Waals surface area contributed by atoms with E-state index in [1.165, 1.54) is 13.1 Å². The summed E-state index contributed by atoms with van der Waals surface area (Å²) in [7, 11) is 0. The van der Waals surface area contributed by atoms with Crippen LogP contribution in [0.5, 0.6) is 0 Å². The number of aromatic nitrogens is 1. The fourth-order valence-corrected chi connectivity index (χ4v) is 3.28. The van der Waals surface area contributed by atoms with Gasteiger partial charge in [-0.25, -0.2) is 4.99 Å². The summed E-state index contributed by atoms with van der Waals surface area (Å²) < 4.78 is 5.44. The van der Waals surface area contributed by atoms with Crippen molar-refractivity contribution in [2.45, 2.75) is 47.1 Å². The molecule has 0 saturated carbocycles. The molecule has 7 nitrogen and oxygen atoms in total. The number of aliphatic imine (C=N–C) groups is 1. The lowest BCUT2D eigenvalue weighted by atomic mass is 10.1. The zero-order chi connectivity index (χ0) is 18.8. The van der Waals surface area contributed by atoms with Gasteiger partial charge in [0, 0.05) is 57.8 Å². The maximum atomic E-state index is 5.44. The molecule has 7 heteroatoms. The minimum absolute atomic E-state index is 0.611. The van der Waals surface area contributed by atoms with E-state index in [0.29, 0.717) is 6.54 Å². The van der Waals surface area contributed by atoms with Gasteiger partial charge in [0.25, 0.3) is 0 Å². The smallest absolute Gasteiger partial charge is 0.191 e. The highest BCUT2D eigenvalue weighted by Crippen LogP contribution is 2.16. The number of piperazine rings is 1. The third-order valence-corrected chi connectivity index (χ3v) is 4.98. The number of guanidine groups is 1. The Morgan fingerprint density at radius 2 is 1.77 bits per heavy atom. The Balaban J connectivity index is 1.84. The van der Waals surface area contributed by atoms with E-state index in [2.05, 4.69) is 53.3 Å². The van der Waals surface area contributed by atoms with Gasteiger partial charge in [-0.3, -0.25) is 4.90 Å². The van der Waals surface area contributed by atoms with Crippen LogP contribution in [0.4, 0.5) is 0 Å². The summed E-state index contributed by atoms with van der Waals surface area (Å²) in [6.45, 7) is 17.8. The summed E-state index contributed by atoms with van der Waals surface area (Å²) in [6, 6.07) is 0. The van der Waals surface area contributed by atoms with Crippen LogP contribution >= 0.6 is 0 Å². The first kappa shape index (κ1) is 20.7. The van der Waals surface area contributed by atoms with Crippen LogP contribution in [0.2, 0.25) is 0 Å². The molecule has 26 heavy (non-hydrogen) atoms. The van der Waals surface area contributed by atoms with E-state index < -0.39 is 0 Å². The van der Waals surface area contributed by atoms with Gasteiger partial charge in [0.15, 0.2) is 5.96 Å². The minimum atomic E-state index is 0.611. The molecule has 1 fully saturated rings. The summed E-state index contributed by atoms with van der Waals surface area (Å²) >= 11 is 0. The van der Waals surface area contributed by atoms with Crippen molar-refractivity contribution >= 4 is 5.96 Å². The number of rotatable bonds is 9. The molecular weight excluding hydrogens is 328 g/mol. The standard InChI is InChI=1S/C19H36N6O/c1-5-17-16(18(6-2)26-23-17)15-22-19(20-7-3)21-9-10-25-13-11-24(8-4)12-14-25/h5-15H2,1-4H3,(H2,20,21,22). The fraction of sp³-hybridized carbons (Fsp3) is 0.789. The lowest BCUT2D eigenvalue weighted by Gasteiger charge is -2.34. The van der Waals surface area contributed by atoms with Crippen LogP contribution < -0.4 is 10.6 Å². The third-order valence-electron chi connectivity index (χ3n) is 4.98. The van der Waals surface area contributed by atoms with E-state index in [4.69, 9.17) is 9.52 Å². The quantitative estimate of drug-likeness (QED) is 0.511. The largest absolute Gasteiger partial charge is 0.361 e. The highest BCUT2D eigenvalue weighted by molar-refractivity contribution is 5.79. The Morgan fingerprint density at radius 1 is 1.04 bits per heavy atom. The molecule has 0 bridgehead atoms. The van der Waals surface area contributed by atoms with Crippen LogP contribution in [0.15, 0.2) is 9.52 Å². The van der Waals surface area contributed by atoms with Gasteiger partial charge in [0.05, 0.1) is 12.2 Å². The molecule has 1 aliphatic rings. The zero-order valence-electron chi connectivity index (χ0n) is 17.0. The summed E-state index contributed by atoms with van der Waals surface area (Å²) in [5.74, 6) is 1.82. The molecule has 2 rings (SSSR count). The monoisotopic (exact) mass is 364 g/mol. The highest BCUT2D eigenvalue weighted by atomic mass is 16.5. The van der Waals surface area contributed by atoms with Crippen molar-refractivity contribution in [1.29, 1.82) is 0 Å². The summed E-state index contributed by atoms with van der Waals surface area (Å²) in [4.78, 5) is 9.77. The van der Waals surface area contributed by atoms with Gasteiger partial charge in [-0.05, 0) is 19.9 Å². The normalized spacial score (nSPS) is 16.8. The molecule has 1 saturated heterocycles. The summed E-state index contributed by atoms with van der Waals surface area (Å²) in [5.41, 5.74) is 2.16. The van der Waals surface area contributed by atoms with Gasteiger partial charge in [-0.2, -0.15) is 0 Å². The summed E-state index contributed by atoms with van der Waals surface area (Å²) in [6.07, 6.45) is 1.73. The van der Waals surface area contributed by atoms with Gasteiger partial charge in [-0.1, -0.05) is 25.9 Å². The Hall–Kier alpha value is -1.60. The average molecular weight is 365 g/mol. The molecule has 0 atom stereocenters. The molecule has 0 unspecified atom stereocenters. The van der Waals surface area contributed by atoms with Crippen molar-refractivity contribution in [3.63, 3.8) is 0 Å². The Kier molecular flexibility index (Phi) is 8.91. The maximum Gasteiger partial charge on any atom is 0.191 e. The molecule has 1 aromatic rings. The van der Waals surface area contributed by atoms with Crippen molar-refractivity contribution in [3.8, 4) is 0 Å². The molecule has 0 spiro atoms. The van der Waals surface area contributed by atoms with Crippen molar-refractivity contribution in [2.75, 3.05) is 52.4 Å². The van der Waals surface area contributed by atoms with Crippen LogP contribution in [-0.2, 0) is 19.4 Å². The molecule has 2 N–H and O–H groups in total. The second-order valence-corrected chi connectivity index (χ2v) is 6.64. The van der Waals surface area contributed by atoms with Gasteiger partial charge in [0.2, 0.25) is 0 Å². The molecule has 1 aromatic heterocycles. The highest BCUT2D eigenvalue weighted by Gasteiger charge is 2.15. The van der Waals surface area contributed by atoms with Crippen LogP contribution in [0, 0.1) is 0 Å². The maximum absolute atomic E-state index is 5.44. The molecule has 0 aromatic carbocycles. The second kappa shape index (κ2) is 11.2. The van der Waals surface area contributed by atoms with Crippen molar-refractivity contribution < 1.29 is 4.52 Å². The molecule has 0 amide bonds. The Labute approximate surface area is 158 Å². The predicted octanol–water partition coefficient (Wildman–Crippen LogP) is 1.49. The van der Waals surface area contributed by atoms with E-state index in [1.54, 1.807) is 0 Å². The Morgan fingerprint density at radius 3 is 2.38 bits per heavy atom. The predicted molar refractivity (Wildman–Crippen MR) is 107 cm³/mol. The first-order valence-electron chi connectivity index (χ1n) is 10.1. The lowest BCUT2D eigenvalue weighted by Crippen LogP contribution is -2.49. The van der Waals surface area contributed by atoms with E-state index in [9.17, 15) is 0 Å². The topological polar surface area (TPSA) is 68.9 Å². The van der Waals surface area contributed by atoms with E-state index in [1.807, 2.05) is 0 Å². The van der Waals surface area contributed by atoms with Gasteiger partial charge >= 0.3 is 0 Å². The molecule has 1 aliphatic heterocycles. The number of nitrogens with zero attached hydrogens (tertiary/aromatic N) is 4. The zero-order valence-corrected chi connectivity index (χ0v) is 17.0. The van der Waals surface area contributed by atoms with Crippen LogP contribution in [0.25, 0.3) is 0 Å². The molecule has 148 valence electrons. The second-order valence-electron chi connectivity index (χ2n) is 6.64. The SMILES string of the molecule is CCNC(=NCc1c(CC)noc1CC)NCCN1CCN(CC)CC1. The average Bonchev–Trinajstić information content (AvgIpc) is 3.08. The number of likely N-dealkylation sites (N-methyl/N-ethyl adjacent to an activating group) is 1. The van der Waals surface area contributed by atoms with Gasteiger partial charge < -0.3 is 20.1 Å². The molecule has 0 radical (unpaired) electrons. The van der Waals surface area contributed by atoms with Crippen LogP contribution in [0.3, 0.4) is 0 Å². The van der Waals surface area contributed by atoms with Crippen molar-refractivity contribution in [3.05, 3.63) is 17.0 Å². The van der Waals surface area contributed by atoms with Gasteiger partial charge in [-0.15, -0.1) is 0 Å². The number of nitrogens with one attached hydrogen (secondary N) is 2. The van der Waals surface area contributed by atoms with E-state index in [-0.39, 0.29) is 0 Å². The number of hydrogen-bond donors (Lipinski definition) is 2. The first-order chi connectivity index (χ1) is 12.7. The Bertz CT molecular complexity index is 527. The number of hydrogen-bond acceptors (Lipinski definition) is 5. The fourth-order valence-electron chi connectivity index (χ4n) is 3.28. The third kappa shape index (κ3) is 5.99. The van der Waals surface area contributed by atoms with Crippen LogP contribution in [0.1, 0.15) is 44.7 Å². The van der Waals surface area contributed by atoms with Crippen molar-refractivity contribution in [1.82, 2.24) is 25.6 Å².